The molecule has 23 heavy (non-hydrogen) atoms. The highest BCUT2D eigenvalue weighted by atomic mass is 16.4. The molecule has 0 atom stereocenters. The number of carbonyl (C=O) groups excluding carboxylic acids is 1. The van der Waals surface area contributed by atoms with Crippen LogP contribution in [0.15, 0.2) is 47.4 Å². The van der Waals surface area contributed by atoms with Crippen molar-refractivity contribution in [1.82, 2.24) is 4.57 Å². The summed E-state index contributed by atoms with van der Waals surface area (Å²) >= 11 is 0. The van der Waals surface area contributed by atoms with E-state index in [0.717, 1.165) is 22.4 Å². The summed E-state index contributed by atoms with van der Waals surface area (Å²) in [7, 11) is 0. The first-order chi connectivity index (χ1) is 10.9. The first kappa shape index (κ1) is 16.5. The van der Waals surface area contributed by atoms with Gasteiger partial charge in [-0.15, -0.1) is 0 Å². The van der Waals surface area contributed by atoms with Gasteiger partial charge in [-0.2, -0.15) is 0 Å². The van der Waals surface area contributed by atoms with Crippen LogP contribution in [0, 0.1) is 0 Å². The van der Waals surface area contributed by atoms with Gasteiger partial charge < -0.3 is 15.0 Å². The fraction of sp³-hybridized carbons (Fsp3) is 0.235. The van der Waals surface area contributed by atoms with Crippen LogP contribution < -0.4 is 10.9 Å². The zero-order chi connectivity index (χ0) is 17.0. The molecule has 0 spiro atoms. The normalized spacial score (nSPS) is 10.6. The molecule has 2 N–H and O–H groups in total. The predicted molar refractivity (Wildman–Crippen MR) is 86.8 cm³/mol. The number of pyridine rings is 1. The molecule has 0 aliphatic rings. The summed E-state index contributed by atoms with van der Waals surface area (Å²) in [6, 6.07) is 9.79. The summed E-state index contributed by atoms with van der Waals surface area (Å²) in [6.07, 6.45) is 1.16. The van der Waals surface area contributed by atoms with E-state index >= 15 is 0 Å². The van der Waals surface area contributed by atoms with E-state index in [0.29, 0.717) is 11.6 Å². The zero-order valence-electron chi connectivity index (χ0n) is 12.9. The second kappa shape index (κ2) is 6.91. The van der Waals surface area contributed by atoms with Crippen LogP contribution in [0.4, 0.5) is 5.69 Å². The molecule has 0 fully saturated rings. The third kappa shape index (κ3) is 4.29. The minimum absolute atomic E-state index is 0.0429. The van der Waals surface area contributed by atoms with Gasteiger partial charge in [0.1, 0.15) is 6.54 Å². The van der Waals surface area contributed by atoms with Gasteiger partial charge in [0.2, 0.25) is 5.91 Å². The Bertz CT molecular complexity index is 776. The predicted octanol–water partition coefficient (Wildman–Crippen LogP) is 2.31. The Balaban J connectivity index is 2.09. The number of hydrogen-bond acceptors (Lipinski definition) is 3. The third-order valence-corrected chi connectivity index (χ3v) is 3.41. The van der Waals surface area contributed by atoms with E-state index in [-0.39, 0.29) is 12.1 Å². The van der Waals surface area contributed by atoms with E-state index in [1.165, 1.54) is 6.07 Å². The van der Waals surface area contributed by atoms with Crippen molar-refractivity contribution in [3.8, 4) is 0 Å². The van der Waals surface area contributed by atoms with E-state index in [1.54, 1.807) is 12.1 Å². The molecular weight excluding hydrogens is 296 g/mol. The van der Waals surface area contributed by atoms with Crippen molar-refractivity contribution in [2.24, 2.45) is 0 Å². The number of hydrogen-bond donors (Lipinski definition) is 2. The van der Waals surface area contributed by atoms with Gasteiger partial charge in [0.15, 0.2) is 0 Å². The Morgan fingerprint density at radius 3 is 2.35 bits per heavy atom. The van der Waals surface area contributed by atoms with Crippen molar-refractivity contribution < 1.29 is 14.7 Å². The van der Waals surface area contributed by atoms with Gasteiger partial charge >= 0.3 is 5.97 Å². The maximum Gasteiger partial charge on any atom is 0.337 e. The second-order valence-corrected chi connectivity index (χ2v) is 5.51. The number of anilines is 1. The molecule has 0 saturated carbocycles. The largest absolute Gasteiger partial charge is 0.478 e. The molecule has 1 heterocycles. The van der Waals surface area contributed by atoms with Gasteiger partial charge in [-0.25, -0.2) is 4.79 Å². The number of nitrogens with zero attached hydrogens (tertiary/aromatic N) is 1. The average molecular weight is 314 g/mol. The molecule has 0 aliphatic heterocycles. The van der Waals surface area contributed by atoms with Crippen molar-refractivity contribution in [1.29, 1.82) is 0 Å². The summed E-state index contributed by atoms with van der Waals surface area (Å²) < 4.78 is 1.07. The van der Waals surface area contributed by atoms with E-state index in [9.17, 15) is 14.4 Å². The van der Waals surface area contributed by atoms with Gasteiger partial charge in [0.05, 0.1) is 5.56 Å². The molecule has 0 aliphatic carbocycles. The van der Waals surface area contributed by atoms with Crippen molar-refractivity contribution >= 4 is 17.6 Å². The number of aromatic nitrogens is 1. The summed E-state index contributed by atoms with van der Waals surface area (Å²) in [5.41, 5.74) is 1.31. The lowest BCUT2D eigenvalue weighted by Crippen LogP contribution is -2.27. The first-order valence-corrected chi connectivity index (χ1v) is 7.20. The number of nitrogens with one attached hydrogen (secondary N) is 1. The maximum absolute atomic E-state index is 12.0. The highest BCUT2D eigenvalue weighted by molar-refractivity contribution is 5.91. The average Bonchev–Trinajstić information content (AvgIpc) is 2.49. The monoisotopic (exact) mass is 314 g/mol. The second-order valence-electron chi connectivity index (χ2n) is 5.51. The lowest BCUT2D eigenvalue weighted by atomic mass is 10.0. The fourth-order valence-corrected chi connectivity index (χ4v) is 2.09. The van der Waals surface area contributed by atoms with Gasteiger partial charge in [0, 0.05) is 18.0 Å². The maximum atomic E-state index is 12.0. The number of aromatic carboxylic acids is 1. The molecule has 2 rings (SSSR count). The van der Waals surface area contributed by atoms with Gasteiger partial charge in [-0.05, 0) is 29.7 Å². The molecule has 0 radical (unpaired) electrons. The summed E-state index contributed by atoms with van der Waals surface area (Å²) in [5, 5.41) is 11.6. The van der Waals surface area contributed by atoms with E-state index in [2.05, 4.69) is 19.2 Å². The summed E-state index contributed by atoms with van der Waals surface area (Å²) in [5.74, 6) is -1.15. The number of benzene rings is 1. The number of amides is 1. The highest BCUT2D eigenvalue weighted by Crippen LogP contribution is 2.17. The molecule has 1 aromatic carbocycles. The van der Waals surface area contributed by atoms with Crippen molar-refractivity contribution in [2.45, 2.75) is 26.3 Å². The summed E-state index contributed by atoms with van der Waals surface area (Å²) in [6.45, 7) is 3.91. The molecule has 0 saturated heterocycles. The molecular formula is C17H18N2O4. The Hall–Kier alpha value is -2.89. The van der Waals surface area contributed by atoms with Crippen LogP contribution in [-0.2, 0) is 11.3 Å². The van der Waals surface area contributed by atoms with Crippen LogP contribution in [-0.4, -0.2) is 21.6 Å². The highest BCUT2D eigenvalue weighted by Gasteiger charge is 2.09. The van der Waals surface area contributed by atoms with Gasteiger partial charge in [0.25, 0.3) is 5.56 Å². The minimum atomic E-state index is -1.15. The lowest BCUT2D eigenvalue weighted by Gasteiger charge is -2.10. The van der Waals surface area contributed by atoms with Crippen LogP contribution in [0.25, 0.3) is 0 Å². The Morgan fingerprint density at radius 1 is 1.13 bits per heavy atom. The minimum Gasteiger partial charge on any atom is -0.478 e. The molecule has 1 amide bonds. The van der Waals surface area contributed by atoms with Crippen LogP contribution in [0.3, 0.4) is 0 Å². The Labute approximate surface area is 133 Å². The summed E-state index contributed by atoms with van der Waals surface area (Å²) in [4.78, 5) is 34.6. The van der Waals surface area contributed by atoms with Crippen LogP contribution in [0.5, 0.6) is 0 Å². The Kier molecular flexibility index (Phi) is 4.95. The quantitative estimate of drug-likeness (QED) is 0.886. The van der Waals surface area contributed by atoms with Crippen LogP contribution in [0.2, 0.25) is 0 Å². The third-order valence-electron chi connectivity index (χ3n) is 3.41. The van der Waals surface area contributed by atoms with Crippen LogP contribution in [0.1, 0.15) is 35.7 Å². The number of carboxylic acids is 1. The molecule has 2 aromatic rings. The zero-order valence-corrected chi connectivity index (χ0v) is 12.9. The topological polar surface area (TPSA) is 88.4 Å². The molecule has 0 unspecified atom stereocenters. The molecule has 0 bridgehead atoms. The smallest absolute Gasteiger partial charge is 0.337 e. The standard InChI is InChI=1S/C17H18N2O4/c1-11(2)12-3-6-14(7-4-12)18-15(20)10-19-9-13(17(22)23)5-8-16(19)21/h3-9,11H,10H2,1-2H3,(H,18,20)(H,22,23). The fourth-order valence-electron chi connectivity index (χ4n) is 2.09. The molecule has 6 nitrogen and oxygen atoms in total. The van der Waals surface area contributed by atoms with Crippen LogP contribution >= 0.6 is 0 Å². The van der Waals surface area contributed by atoms with E-state index < -0.39 is 17.4 Å². The Morgan fingerprint density at radius 2 is 1.78 bits per heavy atom. The number of carboxylic acid groups (broad SMARTS) is 1. The number of rotatable bonds is 5. The lowest BCUT2D eigenvalue weighted by molar-refractivity contribution is -0.116. The van der Waals surface area contributed by atoms with Crippen molar-refractivity contribution in [3.63, 3.8) is 0 Å². The molecule has 1 aromatic heterocycles. The van der Waals surface area contributed by atoms with Crippen molar-refractivity contribution in [3.05, 3.63) is 64.1 Å². The SMILES string of the molecule is CC(C)c1ccc(NC(=O)Cn2cc(C(=O)O)ccc2=O)cc1. The van der Waals surface area contributed by atoms with E-state index in [1.807, 2.05) is 12.1 Å². The van der Waals surface area contributed by atoms with Gasteiger partial charge in [-0.3, -0.25) is 9.59 Å². The van der Waals surface area contributed by atoms with E-state index in [4.69, 9.17) is 5.11 Å². The van der Waals surface area contributed by atoms with Gasteiger partial charge in [-0.1, -0.05) is 26.0 Å². The molecule has 120 valence electrons. The molecule has 6 heteroatoms. The first-order valence-electron chi connectivity index (χ1n) is 7.20. The van der Waals surface area contributed by atoms with Crippen molar-refractivity contribution in [2.75, 3.05) is 5.32 Å². The number of carbonyl (C=O) groups is 2.